The molecule has 2 saturated carbocycles. The number of hydrogen-bond donors (Lipinski definition) is 1. The van der Waals surface area contributed by atoms with Crippen molar-refractivity contribution in [1.29, 1.82) is 0 Å². The quantitative estimate of drug-likeness (QED) is 0.134. The van der Waals surface area contributed by atoms with Gasteiger partial charge in [0, 0.05) is 12.1 Å². The van der Waals surface area contributed by atoms with Crippen molar-refractivity contribution in [3.8, 4) is 0 Å². The number of aromatic amines is 1. The highest BCUT2D eigenvalue weighted by molar-refractivity contribution is 7.98. The van der Waals surface area contributed by atoms with E-state index in [-0.39, 0.29) is 31.9 Å². The minimum absolute atomic E-state index is 0.0153. The number of fused-ring (bicyclic) bond motifs is 2. The summed E-state index contributed by atoms with van der Waals surface area (Å²) in [6, 6.07) is 2.34. The number of aromatic nitrogens is 4. The lowest BCUT2D eigenvalue weighted by molar-refractivity contribution is 0.0555. The fourth-order valence-corrected chi connectivity index (χ4v) is 5.81. The molecular formula is C29H30F4N4O7S. The number of halogens is 4. The molecule has 2 fully saturated rings. The number of nitrogens with one attached hydrogen (secondary N) is 1. The topological polar surface area (TPSA) is 150 Å². The lowest BCUT2D eigenvalue weighted by atomic mass is 10.1. The smallest absolute Gasteiger partial charge is 0.337 e. The Balaban J connectivity index is 0.000000178. The van der Waals surface area contributed by atoms with Gasteiger partial charge < -0.3 is 8.83 Å². The predicted molar refractivity (Wildman–Crippen MR) is 158 cm³/mol. The summed E-state index contributed by atoms with van der Waals surface area (Å²) in [5.41, 5.74) is -4.37. The number of H-pyrrole nitrogens is 1. The van der Waals surface area contributed by atoms with E-state index in [1.165, 1.54) is 38.0 Å². The standard InChI is InChI=1S/C15H16F2N2O3S.C14H14F2N2O4/c1-23-15-18-12-11(13(21)19(15)14(16)17)9(7-10(20)22-12)4-2-3-8-5-6-8;15-13(16)18-12(20)10-8(3-1-2-7-4-5-7)6-9(19)22-11(10)17-14(18)21/h7-8,14H,2-6H2,1H3;6-7,13H,1-5H2,(H,17,21). The summed E-state index contributed by atoms with van der Waals surface area (Å²) in [5.74, 6) is 1.41. The number of rotatable bonds is 11. The molecule has 4 aromatic rings. The van der Waals surface area contributed by atoms with Crippen LogP contribution in [0.15, 0.2) is 50.1 Å². The molecule has 0 aliphatic heterocycles. The maximum Gasteiger partial charge on any atom is 0.337 e. The van der Waals surface area contributed by atoms with Crippen molar-refractivity contribution in [2.45, 2.75) is 82.5 Å². The van der Waals surface area contributed by atoms with Crippen molar-refractivity contribution >= 4 is 34.0 Å². The Kier molecular flexibility index (Phi) is 9.79. The molecule has 2 aliphatic rings. The van der Waals surface area contributed by atoms with Gasteiger partial charge in [-0.05, 0) is 54.9 Å². The van der Waals surface area contributed by atoms with Gasteiger partial charge >= 0.3 is 30.0 Å². The largest absolute Gasteiger partial charge is 0.405 e. The highest BCUT2D eigenvalue weighted by Crippen LogP contribution is 2.35. The van der Waals surface area contributed by atoms with Crippen molar-refractivity contribution < 1.29 is 26.4 Å². The Hall–Kier alpha value is -3.95. The monoisotopic (exact) mass is 654 g/mol. The van der Waals surface area contributed by atoms with Crippen LogP contribution in [0.3, 0.4) is 0 Å². The molecule has 4 heterocycles. The lowest BCUT2D eigenvalue weighted by Crippen LogP contribution is -2.36. The zero-order valence-corrected chi connectivity index (χ0v) is 25.0. The van der Waals surface area contributed by atoms with E-state index in [0.717, 1.165) is 49.4 Å². The van der Waals surface area contributed by atoms with Gasteiger partial charge in [0.1, 0.15) is 10.8 Å². The van der Waals surface area contributed by atoms with Gasteiger partial charge in [-0.25, -0.2) is 19.0 Å². The van der Waals surface area contributed by atoms with Crippen molar-refractivity contribution in [3.05, 3.63) is 75.3 Å². The van der Waals surface area contributed by atoms with E-state index < -0.39 is 41.2 Å². The minimum Gasteiger partial charge on any atom is -0.405 e. The van der Waals surface area contributed by atoms with E-state index >= 15 is 0 Å². The van der Waals surface area contributed by atoms with E-state index in [1.807, 2.05) is 4.98 Å². The molecule has 0 amide bonds. The maximum absolute atomic E-state index is 13.2. The molecular weight excluding hydrogens is 624 g/mol. The molecule has 0 saturated heterocycles. The average Bonchev–Trinajstić information content (AvgIpc) is 3.88. The third kappa shape index (κ3) is 7.48. The van der Waals surface area contributed by atoms with Gasteiger partial charge in [-0.3, -0.25) is 14.6 Å². The van der Waals surface area contributed by atoms with Crippen LogP contribution in [0.25, 0.3) is 22.2 Å². The predicted octanol–water partition coefficient (Wildman–Crippen LogP) is 4.97. The molecule has 0 atom stereocenters. The second-order valence-corrected chi connectivity index (χ2v) is 11.9. The van der Waals surface area contributed by atoms with E-state index in [0.29, 0.717) is 34.5 Å². The second-order valence-electron chi connectivity index (χ2n) is 11.2. The number of thioether (sulfide) groups is 1. The van der Waals surface area contributed by atoms with Gasteiger partial charge in [-0.1, -0.05) is 50.3 Å². The van der Waals surface area contributed by atoms with Crippen LogP contribution in [0.2, 0.25) is 0 Å². The molecule has 6 rings (SSSR count). The molecule has 11 nitrogen and oxygen atoms in total. The fourth-order valence-electron chi connectivity index (χ4n) is 5.28. The van der Waals surface area contributed by atoms with Gasteiger partial charge in [0.15, 0.2) is 5.16 Å². The first-order valence-electron chi connectivity index (χ1n) is 14.5. The SMILES string of the molecule is CSc1nc2oc(=O)cc(CCCC3CC3)c2c(=O)n1C(F)F.O=c1cc(CCCC2CC2)c2c(=O)n(C(F)F)c(=O)[nH]c2o1. The van der Waals surface area contributed by atoms with Crippen LogP contribution in [0.5, 0.6) is 0 Å². The van der Waals surface area contributed by atoms with E-state index in [9.17, 15) is 41.5 Å². The molecule has 4 aromatic heterocycles. The Morgan fingerprint density at radius 1 is 0.822 bits per heavy atom. The Morgan fingerprint density at radius 3 is 1.84 bits per heavy atom. The van der Waals surface area contributed by atoms with Gasteiger partial charge in [-0.15, -0.1) is 0 Å². The van der Waals surface area contributed by atoms with Gasteiger partial charge in [0.05, 0.1) is 0 Å². The number of aryl methyl sites for hydroxylation is 2. The summed E-state index contributed by atoms with van der Waals surface area (Å²) < 4.78 is 62.0. The van der Waals surface area contributed by atoms with E-state index in [1.54, 1.807) is 0 Å². The zero-order valence-electron chi connectivity index (χ0n) is 24.2. The normalized spacial score (nSPS) is 14.8. The Bertz CT molecular complexity index is 2010. The first-order valence-corrected chi connectivity index (χ1v) is 15.7. The number of alkyl halides is 4. The second kappa shape index (κ2) is 13.6. The minimum atomic E-state index is -3.26. The zero-order chi connectivity index (χ0) is 32.4. The summed E-state index contributed by atoms with van der Waals surface area (Å²) in [6.07, 6.45) is 10.8. The number of nitrogens with zero attached hydrogens (tertiary/aromatic N) is 3. The van der Waals surface area contributed by atoms with Crippen LogP contribution in [0, 0.1) is 11.8 Å². The third-order valence-electron chi connectivity index (χ3n) is 7.86. The molecule has 16 heteroatoms. The van der Waals surface area contributed by atoms with Crippen molar-refractivity contribution in [3.63, 3.8) is 0 Å². The van der Waals surface area contributed by atoms with Crippen molar-refractivity contribution in [1.82, 2.24) is 19.1 Å². The molecule has 1 N–H and O–H groups in total. The van der Waals surface area contributed by atoms with Gasteiger partial charge in [0.2, 0.25) is 11.4 Å². The molecule has 0 radical (unpaired) electrons. The van der Waals surface area contributed by atoms with Crippen LogP contribution in [-0.4, -0.2) is 25.4 Å². The molecule has 0 spiro atoms. The summed E-state index contributed by atoms with van der Waals surface area (Å²) >= 11 is 0.904. The van der Waals surface area contributed by atoms with Crippen LogP contribution < -0.4 is 28.1 Å². The molecule has 242 valence electrons. The first-order chi connectivity index (χ1) is 21.5. The molecule has 0 aromatic carbocycles. The molecule has 45 heavy (non-hydrogen) atoms. The summed E-state index contributed by atoms with van der Waals surface area (Å²) in [7, 11) is 0. The number of hydrogen-bond acceptors (Lipinski definition) is 9. The average molecular weight is 655 g/mol. The van der Waals surface area contributed by atoms with Crippen molar-refractivity contribution in [2.24, 2.45) is 11.8 Å². The third-order valence-corrected chi connectivity index (χ3v) is 8.51. The van der Waals surface area contributed by atoms with Crippen LogP contribution in [0.1, 0.15) is 75.6 Å². The fraction of sp³-hybridized carbons (Fsp3) is 0.517. The van der Waals surface area contributed by atoms with Crippen LogP contribution in [-0.2, 0) is 12.8 Å². The summed E-state index contributed by atoms with van der Waals surface area (Å²) in [4.78, 5) is 65.2. The summed E-state index contributed by atoms with van der Waals surface area (Å²) in [6.45, 7) is -6.25. The van der Waals surface area contributed by atoms with E-state index in [2.05, 4.69) is 4.98 Å². The van der Waals surface area contributed by atoms with Crippen molar-refractivity contribution in [2.75, 3.05) is 6.26 Å². The molecule has 0 unspecified atom stereocenters. The lowest BCUT2D eigenvalue weighted by Gasteiger charge is -2.11. The van der Waals surface area contributed by atoms with Crippen LogP contribution in [0.4, 0.5) is 17.6 Å². The first kappa shape index (κ1) is 32.4. The highest BCUT2D eigenvalue weighted by Gasteiger charge is 2.24. The highest BCUT2D eigenvalue weighted by atomic mass is 32.2. The van der Waals surface area contributed by atoms with Gasteiger partial charge in [0.25, 0.3) is 11.1 Å². The Morgan fingerprint density at radius 2 is 1.33 bits per heavy atom. The van der Waals surface area contributed by atoms with Gasteiger partial charge in [-0.2, -0.15) is 27.1 Å². The summed E-state index contributed by atoms with van der Waals surface area (Å²) in [5, 5.41) is -0.343. The molecule has 2 aliphatic carbocycles. The Labute approximate surface area is 255 Å². The molecule has 0 bridgehead atoms. The van der Waals surface area contributed by atoms with Crippen LogP contribution >= 0.6 is 11.8 Å². The van der Waals surface area contributed by atoms with E-state index in [4.69, 9.17) is 8.83 Å². The maximum atomic E-state index is 13.2.